The molecule has 0 bridgehead atoms. The minimum absolute atomic E-state index is 0.787. The third kappa shape index (κ3) is 3.46. The topological polar surface area (TPSA) is 29.9 Å². The van der Waals surface area contributed by atoms with Crippen molar-refractivity contribution in [1.82, 2.24) is 15.1 Å². The largest absolute Gasteiger partial charge is 0.313 e. The average molecular weight is 286 g/mol. The van der Waals surface area contributed by atoms with Crippen LogP contribution in [0.1, 0.15) is 24.7 Å². The van der Waals surface area contributed by atoms with E-state index in [0.29, 0.717) is 0 Å². The van der Waals surface area contributed by atoms with Crippen molar-refractivity contribution >= 4 is 15.9 Å². The van der Waals surface area contributed by atoms with E-state index in [0.717, 1.165) is 47.5 Å². The second kappa shape index (κ2) is 6.21. The van der Waals surface area contributed by atoms with Gasteiger partial charge in [0, 0.05) is 6.54 Å². The molecule has 90 valence electrons. The standard InChI is InChI=1S/C12H20BrN3/c1-5-6-14-7-9(2)8-16-11(4)12(13)10(3)15-16/h14H,2,5-8H2,1,3-4H3. The van der Waals surface area contributed by atoms with Gasteiger partial charge < -0.3 is 5.32 Å². The summed E-state index contributed by atoms with van der Waals surface area (Å²) in [6, 6.07) is 0. The lowest BCUT2D eigenvalue weighted by Crippen LogP contribution is -2.20. The van der Waals surface area contributed by atoms with Gasteiger partial charge in [-0.2, -0.15) is 5.10 Å². The van der Waals surface area contributed by atoms with Crippen LogP contribution in [0, 0.1) is 13.8 Å². The lowest BCUT2D eigenvalue weighted by Gasteiger charge is -2.08. The smallest absolute Gasteiger partial charge is 0.0738 e. The van der Waals surface area contributed by atoms with Crippen molar-refractivity contribution in [2.75, 3.05) is 13.1 Å². The van der Waals surface area contributed by atoms with E-state index in [-0.39, 0.29) is 0 Å². The van der Waals surface area contributed by atoms with Crippen LogP contribution in [0.25, 0.3) is 0 Å². The fourth-order valence-corrected chi connectivity index (χ4v) is 1.82. The van der Waals surface area contributed by atoms with E-state index in [1.54, 1.807) is 0 Å². The van der Waals surface area contributed by atoms with Crippen molar-refractivity contribution in [2.45, 2.75) is 33.7 Å². The molecule has 4 heteroatoms. The van der Waals surface area contributed by atoms with E-state index in [1.807, 2.05) is 11.6 Å². The maximum atomic E-state index is 4.46. The summed E-state index contributed by atoms with van der Waals surface area (Å²) in [5, 5.41) is 7.80. The summed E-state index contributed by atoms with van der Waals surface area (Å²) in [7, 11) is 0. The molecule has 0 saturated heterocycles. The molecule has 1 heterocycles. The van der Waals surface area contributed by atoms with Gasteiger partial charge >= 0.3 is 0 Å². The van der Waals surface area contributed by atoms with Crippen molar-refractivity contribution in [2.24, 2.45) is 0 Å². The second-order valence-electron chi connectivity index (χ2n) is 4.07. The van der Waals surface area contributed by atoms with E-state index in [9.17, 15) is 0 Å². The first-order valence-electron chi connectivity index (χ1n) is 5.63. The highest BCUT2D eigenvalue weighted by Gasteiger charge is 2.08. The maximum Gasteiger partial charge on any atom is 0.0738 e. The van der Waals surface area contributed by atoms with Crippen LogP contribution < -0.4 is 5.32 Å². The van der Waals surface area contributed by atoms with Crippen molar-refractivity contribution in [3.05, 3.63) is 28.0 Å². The first-order chi connectivity index (χ1) is 7.56. The zero-order chi connectivity index (χ0) is 12.1. The third-order valence-electron chi connectivity index (χ3n) is 2.47. The predicted octanol–water partition coefficient (Wildman–Crippen LogP) is 2.82. The number of nitrogens with zero attached hydrogens (tertiary/aromatic N) is 2. The van der Waals surface area contributed by atoms with Crippen LogP contribution in [0.5, 0.6) is 0 Å². The van der Waals surface area contributed by atoms with E-state index in [4.69, 9.17) is 0 Å². The summed E-state index contributed by atoms with van der Waals surface area (Å²) in [6.45, 7) is 13.0. The molecule has 1 aromatic heterocycles. The molecule has 0 aliphatic heterocycles. The van der Waals surface area contributed by atoms with Crippen LogP contribution in [0.4, 0.5) is 0 Å². The minimum Gasteiger partial charge on any atom is -0.313 e. The quantitative estimate of drug-likeness (QED) is 0.644. The Morgan fingerprint density at radius 2 is 2.19 bits per heavy atom. The molecule has 16 heavy (non-hydrogen) atoms. The molecule has 0 spiro atoms. The van der Waals surface area contributed by atoms with Crippen LogP contribution in [0.3, 0.4) is 0 Å². The Balaban J connectivity index is 2.53. The van der Waals surface area contributed by atoms with Crippen LogP contribution in [-0.4, -0.2) is 22.9 Å². The van der Waals surface area contributed by atoms with E-state index in [1.165, 1.54) is 0 Å². The lowest BCUT2D eigenvalue weighted by atomic mass is 10.3. The highest BCUT2D eigenvalue weighted by atomic mass is 79.9. The van der Waals surface area contributed by atoms with Crippen LogP contribution in [0.15, 0.2) is 16.6 Å². The summed E-state index contributed by atoms with van der Waals surface area (Å²) >= 11 is 3.53. The number of aromatic nitrogens is 2. The monoisotopic (exact) mass is 285 g/mol. The molecular weight excluding hydrogens is 266 g/mol. The highest BCUT2D eigenvalue weighted by molar-refractivity contribution is 9.10. The number of halogens is 1. The van der Waals surface area contributed by atoms with Gasteiger partial charge in [0.05, 0.1) is 22.4 Å². The second-order valence-corrected chi connectivity index (χ2v) is 4.86. The van der Waals surface area contributed by atoms with Crippen molar-refractivity contribution in [3.63, 3.8) is 0 Å². The van der Waals surface area contributed by atoms with Gasteiger partial charge in [-0.05, 0) is 48.3 Å². The highest BCUT2D eigenvalue weighted by Crippen LogP contribution is 2.20. The van der Waals surface area contributed by atoms with Gasteiger partial charge in [-0.3, -0.25) is 4.68 Å². The van der Waals surface area contributed by atoms with Gasteiger partial charge in [0.15, 0.2) is 0 Å². The van der Waals surface area contributed by atoms with Gasteiger partial charge in [-0.1, -0.05) is 13.5 Å². The maximum absolute atomic E-state index is 4.46. The first kappa shape index (κ1) is 13.5. The van der Waals surface area contributed by atoms with Crippen molar-refractivity contribution in [1.29, 1.82) is 0 Å². The van der Waals surface area contributed by atoms with Crippen molar-refractivity contribution < 1.29 is 0 Å². The summed E-state index contributed by atoms with van der Waals surface area (Å²) in [4.78, 5) is 0. The Morgan fingerprint density at radius 3 is 2.69 bits per heavy atom. The number of hydrogen-bond donors (Lipinski definition) is 1. The first-order valence-corrected chi connectivity index (χ1v) is 6.42. The zero-order valence-electron chi connectivity index (χ0n) is 10.3. The van der Waals surface area contributed by atoms with Gasteiger partial charge in [-0.25, -0.2) is 0 Å². The van der Waals surface area contributed by atoms with E-state index < -0.39 is 0 Å². The fraction of sp³-hybridized carbons (Fsp3) is 0.583. The van der Waals surface area contributed by atoms with Gasteiger partial charge in [0.1, 0.15) is 0 Å². The zero-order valence-corrected chi connectivity index (χ0v) is 11.9. The Hall–Kier alpha value is -0.610. The normalized spacial score (nSPS) is 10.8. The van der Waals surface area contributed by atoms with Crippen LogP contribution in [0.2, 0.25) is 0 Å². The Bertz CT molecular complexity index is 369. The van der Waals surface area contributed by atoms with Crippen LogP contribution in [-0.2, 0) is 6.54 Å². The van der Waals surface area contributed by atoms with Crippen molar-refractivity contribution in [3.8, 4) is 0 Å². The lowest BCUT2D eigenvalue weighted by molar-refractivity contribution is 0.617. The summed E-state index contributed by atoms with van der Waals surface area (Å²) in [5.74, 6) is 0. The Kier molecular flexibility index (Phi) is 5.22. The molecule has 1 N–H and O–H groups in total. The number of rotatable bonds is 6. The summed E-state index contributed by atoms with van der Waals surface area (Å²) in [6.07, 6.45) is 1.15. The van der Waals surface area contributed by atoms with Gasteiger partial charge in [0.2, 0.25) is 0 Å². The molecule has 0 atom stereocenters. The number of hydrogen-bond acceptors (Lipinski definition) is 2. The third-order valence-corrected chi connectivity index (χ3v) is 3.62. The fourth-order valence-electron chi connectivity index (χ4n) is 1.54. The molecular formula is C12H20BrN3. The van der Waals surface area contributed by atoms with E-state index in [2.05, 4.69) is 46.8 Å². The molecule has 1 rings (SSSR count). The Morgan fingerprint density at radius 1 is 1.50 bits per heavy atom. The molecule has 0 amide bonds. The average Bonchev–Trinajstić information content (AvgIpc) is 2.47. The molecule has 0 saturated carbocycles. The Labute approximate surface area is 106 Å². The molecule has 0 aliphatic carbocycles. The molecule has 0 aliphatic rings. The molecule has 0 unspecified atom stereocenters. The summed E-state index contributed by atoms with van der Waals surface area (Å²) < 4.78 is 3.09. The molecule has 0 aromatic carbocycles. The number of aryl methyl sites for hydroxylation is 1. The van der Waals surface area contributed by atoms with Gasteiger partial charge in [0.25, 0.3) is 0 Å². The van der Waals surface area contributed by atoms with Crippen LogP contribution >= 0.6 is 15.9 Å². The SMILES string of the molecule is C=C(CNCCC)Cn1nc(C)c(Br)c1C. The minimum atomic E-state index is 0.787. The molecule has 1 aromatic rings. The summed E-state index contributed by atoms with van der Waals surface area (Å²) in [5.41, 5.74) is 3.35. The molecule has 3 nitrogen and oxygen atoms in total. The number of nitrogens with one attached hydrogen (secondary N) is 1. The van der Waals surface area contributed by atoms with E-state index >= 15 is 0 Å². The molecule has 0 radical (unpaired) electrons. The van der Waals surface area contributed by atoms with Gasteiger partial charge in [-0.15, -0.1) is 0 Å². The molecule has 0 fully saturated rings. The predicted molar refractivity (Wildman–Crippen MR) is 71.7 cm³/mol.